The highest BCUT2D eigenvalue weighted by atomic mass is 16.4. The summed E-state index contributed by atoms with van der Waals surface area (Å²) in [6.07, 6.45) is 1.57. The molecule has 7 nitrogen and oxygen atoms in total. The number of hydrogen-bond acceptors (Lipinski definition) is 5. The van der Waals surface area contributed by atoms with Crippen molar-refractivity contribution in [3.05, 3.63) is 113 Å². The molecule has 0 saturated heterocycles. The molecule has 4 rings (SSSR count). The predicted molar refractivity (Wildman–Crippen MR) is 125 cm³/mol. The van der Waals surface area contributed by atoms with Gasteiger partial charge in [-0.05, 0) is 48.0 Å². The van der Waals surface area contributed by atoms with Gasteiger partial charge in [0.25, 0.3) is 0 Å². The molecule has 0 bridgehead atoms. The second kappa shape index (κ2) is 9.65. The first-order valence-corrected chi connectivity index (χ1v) is 10.1. The van der Waals surface area contributed by atoms with Gasteiger partial charge in [0.05, 0.1) is 29.6 Å². The number of para-hydroxylation sites is 1. The van der Waals surface area contributed by atoms with Crippen molar-refractivity contribution in [1.82, 2.24) is 0 Å². The lowest BCUT2D eigenvalue weighted by molar-refractivity contribution is 0.0696. The molecule has 1 aromatic heterocycles. The summed E-state index contributed by atoms with van der Waals surface area (Å²) in [6.45, 7) is 0.553. The molecule has 0 unspecified atom stereocenters. The average Bonchev–Trinajstić information content (AvgIpc) is 3.32. The number of carboxylic acid groups (broad SMARTS) is 2. The molecule has 2 N–H and O–H groups in total. The average molecular weight is 440 g/mol. The Morgan fingerprint density at radius 2 is 1.42 bits per heavy atom. The highest BCUT2D eigenvalue weighted by Crippen LogP contribution is 2.25. The molecule has 7 heteroatoms. The van der Waals surface area contributed by atoms with Crippen LogP contribution in [0.5, 0.6) is 0 Å². The minimum absolute atomic E-state index is 0.130. The van der Waals surface area contributed by atoms with E-state index in [2.05, 4.69) is 5.10 Å². The fourth-order valence-corrected chi connectivity index (χ4v) is 3.28. The topological polar surface area (TPSA) is 103 Å². The number of furan rings is 1. The molecule has 4 aromatic rings. The summed E-state index contributed by atoms with van der Waals surface area (Å²) in [4.78, 5) is 22.8. The lowest BCUT2D eigenvalue weighted by atomic mass is 10.0. The van der Waals surface area contributed by atoms with Crippen molar-refractivity contribution in [2.24, 2.45) is 5.10 Å². The van der Waals surface area contributed by atoms with Crippen LogP contribution in [0.15, 0.2) is 101 Å². The first kappa shape index (κ1) is 21.6. The van der Waals surface area contributed by atoms with Crippen LogP contribution in [-0.4, -0.2) is 28.4 Å². The Kier molecular flexibility index (Phi) is 6.31. The van der Waals surface area contributed by atoms with Crippen LogP contribution in [0, 0.1) is 0 Å². The molecule has 0 aliphatic rings. The van der Waals surface area contributed by atoms with Gasteiger partial charge < -0.3 is 14.6 Å². The van der Waals surface area contributed by atoms with Gasteiger partial charge in [-0.1, -0.05) is 48.5 Å². The van der Waals surface area contributed by atoms with E-state index in [-0.39, 0.29) is 11.1 Å². The zero-order chi connectivity index (χ0) is 23.2. The summed E-state index contributed by atoms with van der Waals surface area (Å²) in [5, 5.41) is 25.0. The van der Waals surface area contributed by atoms with Gasteiger partial charge in [0.1, 0.15) is 11.5 Å². The van der Waals surface area contributed by atoms with Gasteiger partial charge in [0, 0.05) is 5.56 Å². The molecule has 164 valence electrons. The van der Waals surface area contributed by atoms with Gasteiger partial charge in [-0.2, -0.15) is 5.10 Å². The van der Waals surface area contributed by atoms with Crippen molar-refractivity contribution < 1.29 is 24.2 Å². The molecule has 33 heavy (non-hydrogen) atoms. The monoisotopic (exact) mass is 440 g/mol. The molecule has 0 aliphatic heterocycles. The molecular formula is C26H20N2O5. The van der Waals surface area contributed by atoms with Gasteiger partial charge in [-0.15, -0.1) is 0 Å². The Morgan fingerprint density at radius 3 is 2.03 bits per heavy atom. The Labute approximate surface area is 189 Å². The highest BCUT2D eigenvalue weighted by molar-refractivity contribution is 5.96. The third kappa shape index (κ3) is 5.34. The van der Waals surface area contributed by atoms with Crippen LogP contribution in [-0.2, 0) is 6.54 Å². The summed E-state index contributed by atoms with van der Waals surface area (Å²) < 4.78 is 5.81. The molecule has 0 atom stereocenters. The number of carboxylic acids is 2. The van der Waals surface area contributed by atoms with Gasteiger partial charge in [0.15, 0.2) is 0 Å². The van der Waals surface area contributed by atoms with Crippen LogP contribution in [0.25, 0.3) is 11.3 Å². The largest absolute Gasteiger partial charge is 0.478 e. The lowest BCUT2D eigenvalue weighted by Gasteiger charge is -2.19. The van der Waals surface area contributed by atoms with Crippen LogP contribution >= 0.6 is 0 Å². The summed E-state index contributed by atoms with van der Waals surface area (Å²) >= 11 is 0. The fraction of sp³-hybridized carbons (Fsp3) is 0.0385. The maximum Gasteiger partial charge on any atom is 0.335 e. The second-order valence-electron chi connectivity index (χ2n) is 7.23. The van der Waals surface area contributed by atoms with E-state index >= 15 is 0 Å². The molecule has 0 aliphatic carbocycles. The van der Waals surface area contributed by atoms with Crippen molar-refractivity contribution in [3.63, 3.8) is 0 Å². The molecule has 0 spiro atoms. The summed E-state index contributed by atoms with van der Waals surface area (Å²) in [5.41, 5.74) is 2.09. The number of hydrazone groups is 1. The lowest BCUT2D eigenvalue weighted by Crippen LogP contribution is -2.15. The van der Waals surface area contributed by atoms with Crippen LogP contribution in [0.1, 0.15) is 32.0 Å². The molecule has 0 radical (unpaired) electrons. The molecule has 1 heterocycles. The smallest absolute Gasteiger partial charge is 0.335 e. The third-order valence-corrected chi connectivity index (χ3v) is 4.89. The van der Waals surface area contributed by atoms with Crippen molar-refractivity contribution in [1.29, 1.82) is 0 Å². The van der Waals surface area contributed by atoms with E-state index < -0.39 is 11.9 Å². The summed E-state index contributed by atoms with van der Waals surface area (Å²) in [5.74, 6) is -1.65. The summed E-state index contributed by atoms with van der Waals surface area (Å²) in [7, 11) is 0. The Balaban J connectivity index is 1.62. The van der Waals surface area contributed by atoms with Gasteiger partial charge in [0.2, 0.25) is 0 Å². The fourth-order valence-electron chi connectivity index (χ4n) is 3.28. The maximum atomic E-state index is 11.4. The maximum absolute atomic E-state index is 11.4. The number of anilines is 1. The zero-order valence-electron chi connectivity index (χ0n) is 17.5. The highest BCUT2D eigenvalue weighted by Gasteiger charge is 2.14. The number of hydrogen-bond donors (Lipinski definition) is 2. The normalized spacial score (nSPS) is 10.9. The number of carbonyl (C=O) groups is 2. The van der Waals surface area contributed by atoms with Crippen molar-refractivity contribution in [2.75, 3.05) is 5.01 Å². The van der Waals surface area contributed by atoms with E-state index in [0.29, 0.717) is 23.6 Å². The Hall–Kier alpha value is -4.65. The number of benzene rings is 3. The van der Waals surface area contributed by atoms with Gasteiger partial charge in [-0.25, -0.2) is 9.59 Å². The van der Waals surface area contributed by atoms with E-state index in [1.54, 1.807) is 18.3 Å². The van der Waals surface area contributed by atoms with Crippen LogP contribution in [0.3, 0.4) is 0 Å². The SMILES string of the molecule is O=C(O)c1cc(C(=O)O)cc(-c2ccc(C=NN(Cc3ccccc3)c3ccccc3)o2)c1. The van der Waals surface area contributed by atoms with Gasteiger partial charge >= 0.3 is 11.9 Å². The Morgan fingerprint density at radius 1 is 0.818 bits per heavy atom. The minimum atomic E-state index is -1.22. The number of nitrogens with zero attached hydrogens (tertiary/aromatic N) is 2. The van der Waals surface area contributed by atoms with E-state index in [0.717, 1.165) is 17.3 Å². The Bertz CT molecular complexity index is 1260. The van der Waals surface area contributed by atoms with Crippen LogP contribution in [0.4, 0.5) is 5.69 Å². The van der Waals surface area contributed by atoms with Crippen LogP contribution < -0.4 is 5.01 Å². The first-order valence-electron chi connectivity index (χ1n) is 10.1. The van der Waals surface area contributed by atoms with Crippen LogP contribution in [0.2, 0.25) is 0 Å². The predicted octanol–water partition coefficient (Wildman–Crippen LogP) is 5.38. The van der Waals surface area contributed by atoms with E-state index in [1.165, 1.54) is 12.1 Å². The molecule has 0 saturated carbocycles. The number of aromatic carboxylic acids is 2. The van der Waals surface area contributed by atoms with E-state index in [1.807, 2.05) is 65.7 Å². The molecule has 0 amide bonds. The van der Waals surface area contributed by atoms with Crippen molar-refractivity contribution >= 4 is 23.8 Å². The van der Waals surface area contributed by atoms with E-state index in [4.69, 9.17) is 4.42 Å². The quantitative estimate of drug-likeness (QED) is 0.281. The van der Waals surface area contributed by atoms with E-state index in [9.17, 15) is 19.8 Å². The molecule has 0 fully saturated rings. The molecular weight excluding hydrogens is 420 g/mol. The zero-order valence-corrected chi connectivity index (χ0v) is 17.5. The summed E-state index contributed by atoms with van der Waals surface area (Å²) in [6, 6.07) is 26.9. The van der Waals surface area contributed by atoms with Crippen molar-refractivity contribution in [3.8, 4) is 11.3 Å². The standard InChI is InChI=1S/C26H20N2O5/c29-25(30)20-13-19(14-21(15-20)26(31)32)24-12-11-23(33-24)16-27-28(22-9-5-2-6-10-22)17-18-7-3-1-4-8-18/h1-16H,17H2,(H,29,30)(H,31,32). The number of rotatable bonds is 8. The minimum Gasteiger partial charge on any atom is -0.478 e. The van der Waals surface area contributed by atoms with Gasteiger partial charge in [-0.3, -0.25) is 5.01 Å². The molecule has 3 aromatic carbocycles. The third-order valence-electron chi connectivity index (χ3n) is 4.89. The van der Waals surface area contributed by atoms with Crippen molar-refractivity contribution in [2.45, 2.75) is 6.54 Å². The second-order valence-corrected chi connectivity index (χ2v) is 7.23. The first-order chi connectivity index (χ1) is 16.0.